The highest BCUT2D eigenvalue weighted by Crippen LogP contribution is 2.06. The van der Waals surface area contributed by atoms with Gasteiger partial charge < -0.3 is 20.4 Å². The smallest absolute Gasteiger partial charge is 0.332 e. The summed E-state index contributed by atoms with van der Waals surface area (Å²) in [7, 11) is 0. The van der Waals surface area contributed by atoms with Crippen molar-refractivity contribution in [2.24, 2.45) is 0 Å². The lowest BCUT2D eigenvalue weighted by atomic mass is 10.2. The molecule has 15 heavy (non-hydrogen) atoms. The van der Waals surface area contributed by atoms with E-state index in [1.54, 1.807) is 4.90 Å². The molecule has 0 aromatic heterocycles. The van der Waals surface area contributed by atoms with Crippen molar-refractivity contribution in [3.63, 3.8) is 0 Å². The predicted octanol–water partition coefficient (Wildman–Crippen LogP) is -0.373. The van der Waals surface area contributed by atoms with Crippen molar-refractivity contribution in [3.8, 4) is 0 Å². The van der Waals surface area contributed by atoms with Gasteiger partial charge in [0.05, 0.1) is 0 Å². The summed E-state index contributed by atoms with van der Waals surface area (Å²) in [4.78, 5) is 23.3. The highest BCUT2D eigenvalue weighted by atomic mass is 16.4. The number of carboxylic acids is 1. The molecule has 0 spiro atoms. The fourth-order valence-electron chi connectivity index (χ4n) is 1.47. The van der Waals surface area contributed by atoms with Gasteiger partial charge in [0.25, 0.3) is 0 Å². The second-order valence-electron chi connectivity index (χ2n) is 3.57. The first kappa shape index (κ1) is 11.8. The van der Waals surface area contributed by atoms with Gasteiger partial charge in [-0.1, -0.05) is 0 Å². The predicted molar refractivity (Wildman–Crippen MR) is 52.5 cm³/mol. The third-order valence-corrected chi connectivity index (χ3v) is 2.37. The molecule has 1 rings (SSSR count). The molecular formula is C9H16N2O4. The topological polar surface area (TPSA) is 89.9 Å². The minimum atomic E-state index is -1.40. The fraction of sp³-hybridized carbons (Fsp3) is 0.778. The lowest BCUT2D eigenvalue weighted by molar-refractivity contribution is -0.146. The van der Waals surface area contributed by atoms with Gasteiger partial charge >= 0.3 is 12.0 Å². The Morgan fingerprint density at radius 1 is 1.33 bits per heavy atom. The fourth-order valence-corrected chi connectivity index (χ4v) is 1.47. The molecule has 0 aromatic carbocycles. The molecule has 1 aliphatic heterocycles. The van der Waals surface area contributed by atoms with Crippen molar-refractivity contribution in [1.29, 1.82) is 0 Å². The molecule has 1 atom stereocenters. The van der Waals surface area contributed by atoms with Crippen LogP contribution in [-0.2, 0) is 4.79 Å². The van der Waals surface area contributed by atoms with E-state index in [4.69, 9.17) is 10.2 Å². The average molecular weight is 216 g/mol. The van der Waals surface area contributed by atoms with E-state index in [9.17, 15) is 9.59 Å². The molecule has 1 unspecified atom stereocenters. The summed E-state index contributed by atoms with van der Waals surface area (Å²) in [6.45, 7) is 1.70. The third kappa shape index (κ3) is 3.75. The minimum absolute atomic E-state index is 0.0366. The van der Waals surface area contributed by atoms with Crippen LogP contribution < -0.4 is 5.32 Å². The number of likely N-dealkylation sites (tertiary alicyclic amines) is 1. The van der Waals surface area contributed by atoms with Crippen LogP contribution in [0.2, 0.25) is 0 Å². The first-order valence-corrected chi connectivity index (χ1v) is 5.05. The summed E-state index contributed by atoms with van der Waals surface area (Å²) in [5, 5.41) is 19.9. The van der Waals surface area contributed by atoms with Crippen LogP contribution in [0.5, 0.6) is 0 Å². The van der Waals surface area contributed by atoms with Crippen molar-refractivity contribution < 1.29 is 19.8 Å². The number of aliphatic carboxylic acids is 1. The second kappa shape index (κ2) is 5.55. The van der Waals surface area contributed by atoms with Crippen LogP contribution in [0.4, 0.5) is 4.79 Å². The van der Waals surface area contributed by atoms with E-state index in [1.807, 2.05) is 0 Å². The second-order valence-corrected chi connectivity index (χ2v) is 3.57. The van der Waals surface area contributed by atoms with Crippen LogP contribution in [0.3, 0.4) is 0 Å². The van der Waals surface area contributed by atoms with Crippen LogP contribution >= 0.6 is 0 Å². The lowest BCUT2D eigenvalue weighted by Gasteiger charge is -2.16. The van der Waals surface area contributed by atoms with Crippen LogP contribution in [-0.4, -0.2) is 52.9 Å². The summed E-state index contributed by atoms with van der Waals surface area (Å²) in [6.07, 6.45) is 0.675. The molecule has 6 heteroatoms. The Balaban J connectivity index is 2.14. The van der Waals surface area contributed by atoms with Gasteiger partial charge in [-0.25, -0.2) is 9.59 Å². The number of carbonyl (C=O) groups is 2. The number of aliphatic hydroxyl groups is 1. The molecule has 3 N–H and O–H groups in total. The monoisotopic (exact) mass is 216 g/mol. The molecule has 1 saturated heterocycles. The van der Waals surface area contributed by atoms with Gasteiger partial charge in [-0.2, -0.15) is 0 Å². The number of carboxylic acid groups (broad SMARTS) is 1. The van der Waals surface area contributed by atoms with E-state index in [1.165, 1.54) is 0 Å². The molecule has 0 bridgehead atoms. The number of aliphatic hydroxyl groups excluding tert-OH is 1. The van der Waals surface area contributed by atoms with Gasteiger partial charge in [0.15, 0.2) is 6.10 Å². The Labute approximate surface area is 87.9 Å². The van der Waals surface area contributed by atoms with Gasteiger partial charge in [-0.15, -0.1) is 0 Å². The number of rotatable bonds is 4. The summed E-state index contributed by atoms with van der Waals surface area (Å²) in [6, 6.07) is -0.176. The number of hydrogen-bond acceptors (Lipinski definition) is 3. The van der Waals surface area contributed by atoms with Crippen LogP contribution in [0, 0.1) is 0 Å². The van der Waals surface area contributed by atoms with E-state index in [0.29, 0.717) is 0 Å². The molecule has 0 radical (unpaired) electrons. The standard InChI is InChI=1S/C9H16N2O4/c12-7(8(13)14)3-4-10-9(15)11-5-1-2-6-11/h7,12H,1-6H2,(H,10,15)(H,13,14). The van der Waals surface area contributed by atoms with E-state index in [0.717, 1.165) is 25.9 Å². The van der Waals surface area contributed by atoms with E-state index in [2.05, 4.69) is 5.32 Å². The number of nitrogens with one attached hydrogen (secondary N) is 1. The number of urea groups is 1. The number of nitrogens with zero attached hydrogens (tertiary/aromatic N) is 1. The maximum atomic E-state index is 11.4. The van der Waals surface area contributed by atoms with Gasteiger partial charge in [0.1, 0.15) is 0 Å². The quantitative estimate of drug-likeness (QED) is 0.598. The van der Waals surface area contributed by atoms with Crippen molar-refractivity contribution in [3.05, 3.63) is 0 Å². The zero-order chi connectivity index (χ0) is 11.3. The normalized spacial score (nSPS) is 17.5. The van der Waals surface area contributed by atoms with E-state index >= 15 is 0 Å². The zero-order valence-electron chi connectivity index (χ0n) is 8.48. The first-order valence-electron chi connectivity index (χ1n) is 5.05. The highest BCUT2D eigenvalue weighted by Gasteiger charge is 2.18. The third-order valence-electron chi connectivity index (χ3n) is 2.37. The number of amides is 2. The number of carbonyl (C=O) groups excluding carboxylic acids is 1. The maximum Gasteiger partial charge on any atom is 0.332 e. The Morgan fingerprint density at radius 3 is 2.47 bits per heavy atom. The molecule has 0 aliphatic carbocycles. The minimum Gasteiger partial charge on any atom is -0.479 e. The van der Waals surface area contributed by atoms with Gasteiger partial charge in [-0.05, 0) is 12.8 Å². The Bertz CT molecular complexity index is 238. The van der Waals surface area contributed by atoms with Crippen molar-refractivity contribution in [2.75, 3.05) is 19.6 Å². The summed E-state index contributed by atoms with van der Waals surface area (Å²) >= 11 is 0. The highest BCUT2D eigenvalue weighted by molar-refractivity contribution is 5.75. The molecule has 0 aromatic rings. The summed E-state index contributed by atoms with van der Waals surface area (Å²) in [5.41, 5.74) is 0. The summed E-state index contributed by atoms with van der Waals surface area (Å²) in [5.74, 6) is -1.26. The van der Waals surface area contributed by atoms with Crippen molar-refractivity contribution >= 4 is 12.0 Å². The Morgan fingerprint density at radius 2 is 1.93 bits per heavy atom. The molecule has 1 heterocycles. The zero-order valence-corrected chi connectivity index (χ0v) is 8.48. The van der Waals surface area contributed by atoms with Crippen LogP contribution in [0.1, 0.15) is 19.3 Å². The van der Waals surface area contributed by atoms with Crippen molar-refractivity contribution in [2.45, 2.75) is 25.4 Å². The van der Waals surface area contributed by atoms with Gasteiger partial charge in [0, 0.05) is 26.1 Å². The van der Waals surface area contributed by atoms with Gasteiger partial charge in [0.2, 0.25) is 0 Å². The molecule has 1 aliphatic rings. The van der Waals surface area contributed by atoms with E-state index in [-0.39, 0.29) is 19.0 Å². The molecular weight excluding hydrogens is 200 g/mol. The van der Waals surface area contributed by atoms with Crippen molar-refractivity contribution in [1.82, 2.24) is 10.2 Å². The molecule has 0 saturated carbocycles. The SMILES string of the molecule is O=C(O)C(O)CCNC(=O)N1CCCC1. The number of hydrogen-bond donors (Lipinski definition) is 3. The van der Waals surface area contributed by atoms with Gasteiger partial charge in [-0.3, -0.25) is 0 Å². The summed E-state index contributed by atoms with van der Waals surface area (Å²) < 4.78 is 0. The van der Waals surface area contributed by atoms with Crippen LogP contribution in [0.25, 0.3) is 0 Å². The average Bonchev–Trinajstić information content (AvgIpc) is 2.70. The Hall–Kier alpha value is -1.30. The lowest BCUT2D eigenvalue weighted by Crippen LogP contribution is -2.39. The Kier molecular flexibility index (Phi) is 4.36. The molecule has 86 valence electrons. The molecule has 6 nitrogen and oxygen atoms in total. The maximum absolute atomic E-state index is 11.4. The largest absolute Gasteiger partial charge is 0.479 e. The first-order chi connectivity index (χ1) is 7.11. The molecule has 2 amide bonds. The van der Waals surface area contributed by atoms with Crippen LogP contribution in [0.15, 0.2) is 0 Å². The van der Waals surface area contributed by atoms with E-state index < -0.39 is 12.1 Å². The molecule has 1 fully saturated rings.